The fourth-order valence-corrected chi connectivity index (χ4v) is 4.32. The van der Waals surface area contributed by atoms with Gasteiger partial charge in [-0.25, -0.2) is 4.90 Å². The topological polar surface area (TPSA) is 46.6 Å². The van der Waals surface area contributed by atoms with Crippen LogP contribution in [0.2, 0.25) is 0 Å². The van der Waals surface area contributed by atoms with E-state index in [0.29, 0.717) is 5.69 Å². The number of benzene rings is 2. The minimum absolute atomic E-state index is 0.0745. The summed E-state index contributed by atoms with van der Waals surface area (Å²) in [7, 11) is 1.63. The van der Waals surface area contributed by atoms with E-state index in [9.17, 15) is 9.59 Å². The van der Waals surface area contributed by atoms with E-state index < -0.39 is 0 Å². The predicted octanol–water partition coefficient (Wildman–Crippen LogP) is 3.39. The van der Waals surface area contributed by atoms with Crippen molar-refractivity contribution in [3.8, 4) is 0 Å². The molecule has 4 rings (SSSR count). The first-order valence-electron chi connectivity index (χ1n) is 8.51. The van der Waals surface area contributed by atoms with Crippen molar-refractivity contribution in [1.82, 2.24) is 0 Å². The lowest BCUT2D eigenvalue weighted by atomic mass is 9.72. The Morgan fingerprint density at radius 1 is 0.958 bits per heavy atom. The Bertz CT molecular complexity index is 815. The highest BCUT2D eigenvalue weighted by atomic mass is 16.5. The van der Waals surface area contributed by atoms with Gasteiger partial charge in [0.15, 0.2) is 0 Å². The van der Waals surface area contributed by atoms with E-state index in [2.05, 4.69) is 6.92 Å². The van der Waals surface area contributed by atoms with Crippen LogP contribution in [0.25, 0.3) is 10.8 Å². The molecule has 2 amide bonds. The predicted molar refractivity (Wildman–Crippen MR) is 92.6 cm³/mol. The Kier molecular flexibility index (Phi) is 3.65. The van der Waals surface area contributed by atoms with Gasteiger partial charge in [0.1, 0.15) is 0 Å². The summed E-state index contributed by atoms with van der Waals surface area (Å²) < 4.78 is 5.53. The average molecular weight is 323 g/mol. The molecule has 124 valence electrons. The third kappa shape index (κ3) is 2.17. The Balaban J connectivity index is 1.77. The van der Waals surface area contributed by atoms with E-state index in [1.54, 1.807) is 7.11 Å². The van der Waals surface area contributed by atoms with Crippen LogP contribution in [0.5, 0.6) is 0 Å². The second-order valence-electron chi connectivity index (χ2n) is 6.92. The highest BCUT2D eigenvalue weighted by Gasteiger charge is 2.55. The maximum absolute atomic E-state index is 13.0. The van der Waals surface area contributed by atoms with Gasteiger partial charge < -0.3 is 4.74 Å². The van der Waals surface area contributed by atoms with Gasteiger partial charge in [-0.1, -0.05) is 37.3 Å². The van der Waals surface area contributed by atoms with Crippen LogP contribution in [0.4, 0.5) is 5.69 Å². The number of methoxy groups -OCH3 is 1. The second kappa shape index (κ2) is 5.71. The zero-order valence-corrected chi connectivity index (χ0v) is 13.9. The van der Waals surface area contributed by atoms with E-state index in [0.717, 1.165) is 23.6 Å². The average Bonchev–Trinajstić information content (AvgIpc) is 2.87. The standard InChI is InChI=1S/C20H21NO3/c1-12-7-10-16(24-2)18-17(12)19(22)21(20(18)23)15-9-8-13-5-3-4-6-14(13)11-15/h3-6,8-9,11-12,16-18H,7,10H2,1-2H3/t12?,16?,17?,18-/m0/s1. The molecule has 1 saturated heterocycles. The van der Waals surface area contributed by atoms with Gasteiger partial charge in [-0.2, -0.15) is 0 Å². The summed E-state index contributed by atoms with van der Waals surface area (Å²) in [6.07, 6.45) is 1.60. The Hall–Kier alpha value is -2.20. The van der Waals surface area contributed by atoms with Crippen molar-refractivity contribution in [2.24, 2.45) is 17.8 Å². The van der Waals surface area contributed by atoms with Gasteiger partial charge in [0.2, 0.25) is 11.8 Å². The minimum atomic E-state index is -0.349. The molecule has 0 spiro atoms. The number of anilines is 1. The number of hydrogen-bond donors (Lipinski definition) is 0. The zero-order chi connectivity index (χ0) is 16.8. The Morgan fingerprint density at radius 3 is 2.42 bits per heavy atom. The first kappa shape index (κ1) is 15.3. The number of ether oxygens (including phenoxy) is 1. The Morgan fingerprint density at radius 2 is 1.67 bits per heavy atom. The van der Waals surface area contributed by atoms with Gasteiger partial charge in [-0.3, -0.25) is 9.59 Å². The second-order valence-corrected chi connectivity index (χ2v) is 6.92. The van der Waals surface area contributed by atoms with Crippen LogP contribution in [-0.2, 0) is 14.3 Å². The first-order valence-corrected chi connectivity index (χ1v) is 8.51. The van der Waals surface area contributed by atoms with Crippen LogP contribution < -0.4 is 4.90 Å². The molecule has 0 radical (unpaired) electrons. The van der Waals surface area contributed by atoms with Crippen molar-refractivity contribution < 1.29 is 14.3 Å². The molecule has 0 bridgehead atoms. The summed E-state index contributed by atoms with van der Waals surface area (Å²) in [5, 5.41) is 2.13. The molecule has 2 aliphatic rings. The van der Waals surface area contributed by atoms with Gasteiger partial charge >= 0.3 is 0 Å². The van der Waals surface area contributed by atoms with Gasteiger partial charge in [-0.15, -0.1) is 0 Å². The molecule has 4 heteroatoms. The zero-order valence-electron chi connectivity index (χ0n) is 13.9. The van der Waals surface area contributed by atoms with Crippen molar-refractivity contribution in [3.63, 3.8) is 0 Å². The lowest BCUT2D eigenvalue weighted by molar-refractivity contribution is -0.130. The third-order valence-corrected chi connectivity index (χ3v) is 5.61. The Labute approximate surface area is 141 Å². The van der Waals surface area contributed by atoms with Gasteiger partial charge in [0, 0.05) is 7.11 Å². The molecule has 2 aromatic rings. The fourth-order valence-electron chi connectivity index (χ4n) is 4.32. The van der Waals surface area contributed by atoms with Crippen molar-refractivity contribution in [1.29, 1.82) is 0 Å². The van der Waals surface area contributed by atoms with E-state index in [1.165, 1.54) is 4.90 Å². The largest absolute Gasteiger partial charge is 0.381 e. The number of fused-ring (bicyclic) bond motifs is 2. The smallest absolute Gasteiger partial charge is 0.240 e. The van der Waals surface area contributed by atoms with Gasteiger partial charge in [0.05, 0.1) is 23.6 Å². The van der Waals surface area contributed by atoms with Crippen LogP contribution in [0, 0.1) is 17.8 Å². The summed E-state index contributed by atoms with van der Waals surface area (Å²) >= 11 is 0. The molecule has 1 aliphatic carbocycles. The lowest BCUT2D eigenvalue weighted by Crippen LogP contribution is -2.40. The summed E-state index contributed by atoms with van der Waals surface area (Å²) in [5.41, 5.74) is 0.667. The number of rotatable bonds is 2. The molecule has 4 nitrogen and oxygen atoms in total. The van der Waals surface area contributed by atoms with E-state index in [1.807, 2.05) is 42.5 Å². The molecular formula is C20H21NO3. The summed E-state index contributed by atoms with van der Waals surface area (Å²) in [6, 6.07) is 13.7. The number of hydrogen-bond acceptors (Lipinski definition) is 3. The van der Waals surface area contributed by atoms with Crippen LogP contribution in [-0.4, -0.2) is 25.0 Å². The molecular weight excluding hydrogens is 302 g/mol. The quantitative estimate of drug-likeness (QED) is 0.796. The normalized spacial score (nSPS) is 30.0. The molecule has 2 fully saturated rings. The molecule has 4 atom stereocenters. The number of carbonyl (C=O) groups excluding carboxylic acids is 2. The first-order chi connectivity index (χ1) is 11.6. The van der Waals surface area contributed by atoms with Crippen LogP contribution >= 0.6 is 0 Å². The van der Waals surface area contributed by atoms with Gasteiger partial charge in [-0.05, 0) is 41.7 Å². The molecule has 1 aliphatic heterocycles. The molecule has 2 aromatic carbocycles. The molecule has 0 aromatic heterocycles. The maximum atomic E-state index is 13.0. The fraction of sp³-hybridized carbons (Fsp3) is 0.400. The minimum Gasteiger partial charge on any atom is -0.381 e. The van der Waals surface area contributed by atoms with Crippen molar-refractivity contribution in [2.45, 2.75) is 25.9 Å². The van der Waals surface area contributed by atoms with E-state index >= 15 is 0 Å². The summed E-state index contributed by atoms with van der Waals surface area (Å²) in [5.74, 6) is -0.586. The summed E-state index contributed by atoms with van der Waals surface area (Å²) in [6.45, 7) is 2.07. The molecule has 3 unspecified atom stereocenters. The lowest BCUT2D eigenvalue weighted by Gasteiger charge is -2.33. The third-order valence-electron chi connectivity index (χ3n) is 5.61. The number of nitrogens with zero attached hydrogens (tertiary/aromatic N) is 1. The van der Waals surface area contributed by atoms with Gasteiger partial charge in [0.25, 0.3) is 0 Å². The monoisotopic (exact) mass is 323 g/mol. The van der Waals surface area contributed by atoms with Crippen LogP contribution in [0.1, 0.15) is 19.8 Å². The number of carbonyl (C=O) groups is 2. The molecule has 1 heterocycles. The molecule has 0 N–H and O–H groups in total. The van der Waals surface area contributed by atoms with Crippen molar-refractivity contribution >= 4 is 28.3 Å². The molecule has 1 saturated carbocycles. The van der Waals surface area contributed by atoms with Crippen LogP contribution in [0.15, 0.2) is 42.5 Å². The SMILES string of the molecule is COC1CCC(C)C2C(=O)N(c3ccc4ccccc4c3)C(=O)[C@@H]12. The summed E-state index contributed by atoms with van der Waals surface area (Å²) in [4.78, 5) is 27.4. The number of imide groups is 1. The highest BCUT2D eigenvalue weighted by Crippen LogP contribution is 2.44. The molecule has 24 heavy (non-hydrogen) atoms. The van der Waals surface area contributed by atoms with Crippen molar-refractivity contribution in [2.75, 3.05) is 12.0 Å². The van der Waals surface area contributed by atoms with E-state index in [4.69, 9.17) is 4.74 Å². The van der Waals surface area contributed by atoms with Crippen LogP contribution in [0.3, 0.4) is 0 Å². The number of amides is 2. The van der Waals surface area contributed by atoms with E-state index in [-0.39, 0.29) is 35.7 Å². The van der Waals surface area contributed by atoms with Crippen molar-refractivity contribution in [3.05, 3.63) is 42.5 Å². The maximum Gasteiger partial charge on any atom is 0.240 e. The highest BCUT2D eigenvalue weighted by molar-refractivity contribution is 6.22.